The average molecular weight is 209 g/mol. The van der Waals surface area contributed by atoms with Crippen molar-refractivity contribution < 1.29 is 9.53 Å². The molecule has 0 heterocycles. The Morgan fingerprint density at radius 3 is 2.86 bits per heavy atom. The van der Waals surface area contributed by atoms with Gasteiger partial charge in [-0.05, 0) is 12.1 Å². The number of hydrogen-bond acceptors (Lipinski definition) is 2. The van der Waals surface area contributed by atoms with Gasteiger partial charge >= 0.3 is 5.97 Å². The molecule has 0 fully saturated rings. The molecule has 0 saturated heterocycles. The van der Waals surface area contributed by atoms with Crippen molar-refractivity contribution in [2.75, 3.05) is 6.61 Å². The maximum Gasteiger partial charge on any atom is 0.303 e. The van der Waals surface area contributed by atoms with Crippen molar-refractivity contribution in [2.45, 2.75) is 6.92 Å². The van der Waals surface area contributed by atoms with Gasteiger partial charge in [0.15, 0.2) is 6.61 Å². The second kappa shape index (κ2) is 5.31. The molecule has 0 bridgehead atoms. The Hall–Kier alpha value is -1.46. The van der Waals surface area contributed by atoms with Gasteiger partial charge in [-0.3, -0.25) is 4.79 Å². The van der Waals surface area contributed by atoms with E-state index in [4.69, 9.17) is 11.6 Å². The molecule has 0 aliphatic rings. The fourth-order valence-corrected chi connectivity index (χ4v) is 1.01. The molecule has 0 radical (unpaired) electrons. The van der Waals surface area contributed by atoms with Crippen molar-refractivity contribution in [3.63, 3.8) is 0 Å². The van der Waals surface area contributed by atoms with Crippen LogP contribution >= 0.6 is 11.6 Å². The first-order chi connectivity index (χ1) is 6.70. The van der Waals surface area contributed by atoms with Gasteiger partial charge < -0.3 is 4.74 Å². The van der Waals surface area contributed by atoms with Crippen LogP contribution in [0.5, 0.6) is 0 Å². The lowest BCUT2D eigenvalue weighted by molar-refractivity contribution is -0.139. The lowest BCUT2D eigenvalue weighted by Gasteiger charge is -1.94. The summed E-state index contributed by atoms with van der Waals surface area (Å²) >= 11 is 5.86. The molecule has 0 unspecified atom stereocenters. The van der Waals surface area contributed by atoms with E-state index in [1.54, 1.807) is 6.07 Å². The Kier molecular flexibility index (Phi) is 4.03. The Labute approximate surface area is 87.8 Å². The molecule has 0 spiro atoms. The molecule has 1 rings (SSSR count). The maximum atomic E-state index is 10.4. The van der Waals surface area contributed by atoms with Gasteiger partial charge in [0.1, 0.15) is 0 Å². The van der Waals surface area contributed by atoms with Gasteiger partial charge in [-0.1, -0.05) is 35.6 Å². The number of carbonyl (C=O) groups excluding carboxylic acids is 1. The summed E-state index contributed by atoms with van der Waals surface area (Å²) in [4.78, 5) is 10.4. The highest BCUT2D eigenvalue weighted by Gasteiger charge is 1.92. The van der Waals surface area contributed by atoms with E-state index in [0.717, 1.165) is 5.56 Å². The minimum absolute atomic E-state index is 0.0978. The Morgan fingerprint density at radius 1 is 1.50 bits per heavy atom. The van der Waals surface area contributed by atoms with Gasteiger partial charge in [0.2, 0.25) is 0 Å². The van der Waals surface area contributed by atoms with Crippen molar-refractivity contribution in [1.82, 2.24) is 0 Å². The third kappa shape index (κ3) is 3.51. The summed E-state index contributed by atoms with van der Waals surface area (Å²) < 4.78 is 4.65. The average Bonchev–Trinajstić information content (AvgIpc) is 2.15. The summed E-state index contributed by atoms with van der Waals surface area (Å²) in [6.07, 6.45) is 0. The molecule has 0 saturated carbocycles. The molecule has 0 N–H and O–H groups in total. The molecular weight excluding hydrogens is 200 g/mol. The maximum absolute atomic E-state index is 10.4. The Morgan fingerprint density at radius 2 is 2.21 bits per heavy atom. The third-order valence-electron chi connectivity index (χ3n) is 1.44. The van der Waals surface area contributed by atoms with Crippen LogP contribution in [-0.2, 0) is 9.53 Å². The van der Waals surface area contributed by atoms with Crippen LogP contribution in [0.3, 0.4) is 0 Å². The predicted molar refractivity (Wildman–Crippen MR) is 55.0 cm³/mol. The van der Waals surface area contributed by atoms with Gasteiger partial charge in [-0.25, -0.2) is 0 Å². The lowest BCUT2D eigenvalue weighted by atomic mass is 10.2. The molecule has 1 aromatic rings. The summed E-state index contributed by atoms with van der Waals surface area (Å²) in [5, 5.41) is 0.600. The topological polar surface area (TPSA) is 26.3 Å². The zero-order valence-electron chi connectivity index (χ0n) is 7.71. The van der Waals surface area contributed by atoms with Crippen LogP contribution in [0, 0.1) is 11.8 Å². The standard InChI is InChI=1S/C11H9ClO2/c1-9(13)14-8-4-6-10-5-2-3-7-11(10)12/h2-3,5,7H,8H2,1H3. The highest BCUT2D eigenvalue weighted by Crippen LogP contribution is 2.12. The summed E-state index contributed by atoms with van der Waals surface area (Å²) in [5.74, 6) is 5.17. The summed E-state index contributed by atoms with van der Waals surface area (Å²) in [6, 6.07) is 7.25. The fraction of sp³-hybridized carbons (Fsp3) is 0.182. The van der Waals surface area contributed by atoms with Gasteiger partial charge in [-0.2, -0.15) is 0 Å². The Bertz CT molecular complexity index is 388. The van der Waals surface area contributed by atoms with Gasteiger partial charge in [0, 0.05) is 12.5 Å². The normalized spacial score (nSPS) is 8.71. The molecule has 0 amide bonds. The van der Waals surface area contributed by atoms with E-state index in [0.29, 0.717) is 5.02 Å². The molecule has 0 aliphatic carbocycles. The summed E-state index contributed by atoms with van der Waals surface area (Å²) in [6.45, 7) is 1.44. The zero-order chi connectivity index (χ0) is 10.4. The lowest BCUT2D eigenvalue weighted by Crippen LogP contribution is -1.97. The van der Waals surface area contributed by atoms with E-state index in [-0.39, 0.29) is 12.6 Å². The molecule has 72 valence electrons. The van der Waals surface area contributed by atoms with Crippen LogP contribution in [-0.4, -0.2) is 12.6 Å². The first-order valence-electron chi connectivity index (χ1n) is 4.07. The van der Waals surface area contributed by atoms with Crippen LogP contribution in [0.2, 0.25) is 5.02 Å². The van der Waals surface area contributed by atoms with Crippen molar-refractivity contribution >= 4 is 17.6 Å². The van der Waals surface area contributed by atoms with Crippen molar-refractivity contribution in [2.24, 2.45) is 0 Å². The largest absolute Gasteiger partial charge is 0.453 e. The molecule has 1 aromatic carbocycles. The smallest absolute Gasteiger partial charge is 0.303 e. The van der Waals surface area contributed by atoms with E-state index in [1.165, 1.54) is 6.92 Å². The molecule has 0 aliphatic heterocycles. The SMILES string of the molecule is CC(=O)OCC#Cc1ccccc1Cl. The number of halogens is 1. The molecule has 2 nitrogen and oxygen atoms in total. The van der Waals surface area contributed by atoms with Gasteiger partial charge in [0.25, 0.3) is 0 Å². The van der Waals surface area contributed by atoms with Gasteiger partial charge in [-0.15, -0.1) is 0 Å². The third-order valence-corrected chi connectivity index (χ3v) is 1.77. The summed E-state index contributed by atoms with van der Waals surface area (Å²) in [5.41, 5.74) is 0.737. The highest BCUT2D eigenvalue weighted by molar-refractivity contribution is 6.31. The van der Waals surface area contributed by atoms with E-state index in [1.807, 2.05) is 18.2 Å². The van der Waals surface area contributed by atoms with E-state index in [2.05, 4.69) is 16.6 Å². The second-order valence-corrected chi connectivity index (χ2v) is 2.97. The first kappa shape index (κ1) is 10.6. The van der Waals surface area contributed by atoms with Crippen LogP contribution in [0.1, 0.15) is 12.5 Å². The predicted octanol–water partition coefficient (Wildman–Crippen LogP) is 2.25. The molecule has 14 heavy (non-hydrogen) atoms. The summed E-state index contributed by atoms with van der Waals surface area (Å²) in [7, 11) is 0. The van der Waals surface area contributed by atoms with E-state index >= 15 is 0 Å². The first-order valence-corrected chi connectivity index (χ1v) is 4.44. The second-order valence-electron chi connectivity index (χ2n) is 2.56. The fourth-order valence-electron chi connectivity index (χ4n) is 0.832. The molecule has 3 heteroatoms. The van der Waals surface area contributed by atoms with Gasteiger partial charge in [0.05, 0.1) is 5.02 Å². The number of ether oxygens (including phenoxy) is 1. The van der Waals surface area contributed by atoms with Crippen molar-refractivity contribution in [3.8, 4) is 11.8 Å². The number of esters is 1. The minimum atomic E-state index is -0.335. The van der Waals surface area contributed by atoms with Crippen LogP contribution < -0.4 is 0 Å². The monoisotopic (exact) mass is 208 g/mol. The highest BCUT2D eigenvalue weighted by atomic mass is 35.5. The van der Waals surface area contributed by atoms with Crippen LogP contribution in [0.15, 0.2) is 24.3 Å². The number of benzene rings is 1. The zero-order valence-corrected chi connectivity index (χ0v) is 8.47. The number of rotatable bonds is 1. The minimum Gasteiger partial charge on any atom is -0.453 e. The Balaban J connectivity index is 2.59. The van der Waals surface area contributed by atoms with Crippen LogP contribution in [0.4, 0.5) is 0 Å². The molecule has 0 atom stereocenters. The number of carbonyl (C=O) groups is 1. The van der Waals surface area contributed by atoms with Crippen molar-refractivity contribution in [3.05, 3.63) is 34.9 Å². The van der Waals surface area contributed by atoms with E-state index in [9.17, 15) is 4.79 Å². The molecular formula is C11H9ClO2. The number of hydrogen-bond donors (Lipinski definition) is 0. The van der Waals surface area contributed by atoms with Crippen LogP contribution in [0.25, 0.3) is 0 Å². The van der Waals surface area contributed by atoms with E-state index < -0.39 is 0 Å². The quantitative estimate of drug-likeness (QED) is 0.523. The molecule has 0 aromatic heterocycles. The van der Waals surface area contributed by atoms with Crippen molar-refractivity contribution in [1.29, 1.82) is 0 Å².